The number of para-hydroxylation sites is 1. The normalized spacial score (nSPS) is 16.2. The lowest BCUT2D eigenvalue weighted by molar-refractivity contribution is -0.141. The molecule has 1 atom stereocenters. The van der Waals surface area contributed by atoms with Crippen molar-refractivity contribution in [1.82, 2.24) is 0 Å². The van der Waals surface area contributed by atoms with Crippen LogP contribution in [0, 0.1) is 0 Å². The number of ether oxygens (including phenoxy) is 1. The molecule has 0 saturated carbocycles. The highest BCUT2D eigenvalue weighted by Gasteiger charge is 2.34. The highest BCUT2D eigenvalue weighted by molar-refractivity contribution is 6.09. The zero-order valence-corrected chi connectivity index (χ0v) is 18.9. The molecule has 1 heterocycles. The minimum atomic E-state index is -0.259. The van der Waals surface area contributed by atoms with Crippen molar-refractivity contribution in [2.75, 3.05) is 30.4 Å². The third kappa shape index (κ3) is 5.23. The van der Waals surface area contributed by atoms with E-state index in [4.69, 9.17) is 15.5 Å². The second kappa shape index (κ2) is 10.8. The van der Waals surface area contributed by atoms with Crippen LogP contribution in [0.5, 0.6) is 0 Å². The summed E-state index contributed by atoms with van der Waals surface area (Å²) < 4.78 is 5.04. The summed E-state index contributed by atoms with van der Waals surface area (Å²) in [7, 11) is 1.43. The Hall–Kier alpha value is -3.64. The number of aliphatic imine (C=N–C) groups is 1. The Morgan fingerprint density at radius 2 is 1.67 bits per heavy atom. The van der Waals surface area contributed by atoms with Gasteiger partial charge < -0.3 is 20.7 Å². The molecule has 3 N–H and O–H groups in total. The third-order valence-corrected chi connectivity index (χ3v) is 5.82. The summed E-state index contributed by atoms with van der Waals surface area (Å²) in [6, 6.07) is 26.5. The number of guanidine groups is 1. The molecular formula is C27H30N4O2. The fraction of sp³-hybridized carbons (Fsp3) is 0.259. The van der Waals surface area contributed by atoms with E-state index in [9.17, 15) is 4.79 Å². The van der Waals surface area contributed by atoms with Crippen LogP contribution in [0.3, 0.4) is 0 Å². The van der Waals surface area contributed by atoms with Gasteiger partial charge in [-0.05, 0) is 54.3 Å². The second-order valence-corrected chi connectivity index (χ2v) is 7.99. The number of hydrogen-bond donors (Lipinski definition) is 2. The number of methoxy groups -OCH3 is 1. The van der Waals surface area contributed by atoms with Gasteiger partial charge in [-0.15, -0.1) is 0 Å². The predicted molar refractivity (Wildman–Crippen MR) is 134 cm³/mol. The van der Waals surface area contributed by atoms with Crippen LogP contribution in [0.4, 0.5) is 11.4 Å². The number of carbonyl (C=O) groups is 1. The summed E-state index contributed by atoms with van der Waals surface area (Å²) in [5.74, 6) is 0.470. The van der Waals surface area contributed by atoms with E-state index in [0.717, 1.165) is 46.9 Å². The maximum Gasteiger partial charge on any atom is 0.307 e. The molecule has 1 aliphatic heterocycles. The number of nitrogens with zero attached hydrogens (tertiary/aromatic N) is 2. The first kappa shape index (κ1) is 22.6. The molecule has 0 fully saturated rings. The van der Waals surface area contributed by atoms with Gasteiger partial charge in [-0.1, -0.05) is 60.7 Å². The molecule has 0 radical (unpaired) electrons. The van der Waals surface area contributed by atoms with Gasteiger partial charge in [0.15, 0.2) is 0 Å². The molecule has 33 heavy (non-hydrogen) atoms. The van der Waals surface area contributed by atoms with Crippen molar-refractivity contribution in [2.45, 2.75) is 25.3 Å². The van der Waals surface area contributed by atoms with Gasteiger partial charge in [-0.3, -0.25) is 9.79 Å². The van der Waals surface area contributed by atoms with Crippen LogP contribution in [0.15, 0.2) is 83.9 Å². The largest absolute Gasteiger partial charge is 0.469 e. The fourth-order valence-electron chi connectivity index (χ4n) is 4.12. The summed E-state index contributed by atoms with van der Waals surface area (Å²) >= 11 is 0. The Kier molecular flexibility index (Phi) is 7.37. The number of nitrogens with two attached hydrogens (primary N) is 1. The average molecular weight is 443 g/mol. The molecule has 0 bridgehead atoms. The number of rotatable bonds is 8. The van der Waals surface area contributed by atoms with Crippen LogP contribution in [-0.2, 0) is 9.53 Å². The number of hydrogen-bond acceptors (Lipinski definition) is 4. The summed E-state index contributed by atoms with van der Waals surface area (Å²) in [6.07, 6.45) is 2.05. The number of esters is 1. The van der Waals surface area contributed by atoms with Crippen molar-refractivity contribution < 1.29 is 9.53 Å². The lowest BCUT2D eigenvalue weighted by atomic mass is 9.96. The first-order valence-electron chi connectivity index (χ1n) is 11.3. The first-order chi connectivity index (χ1) is 16.2. The van der Waals surface area contributed by atoms with E-state index in [1.165, 1.54) is 7.11 Å². The molecule has 6 nitrogen and oxygen atoms in total. The Labute approximate surface area is 195 Å². The maximum absolute atomic E-state index is 12.4. The third-order valence-electron chi connectivity index (χ3n) is 5.82. The topological polar surface area (TPSA) is 79.9 Å². The molecule has 3 aromatic rings. The zero-order valence-electron chi connectivity index (χ0n) is 18.9. The minimum absolute atomic E-state index is 0.220. The molecule has 1 aliphatic rings. The van der Waals surface area contributed by atoms with Crippen LogP contribution in [0.1, 0.15) is 30.9 Å². The van der Waals surface area contributed by atoms with E-state index in [1.54, 1.807) is 0 Å². The first-order valence-corrected chi connectivity index (χ1v) is 11.3. The van der Waals surface area contributed by atoms with Crippen LogP contribution >= 0.6 is 0 Å². The maximum atomic E-state index is 12.4. The van der Waals surface area contributed by atoms with Gasteiger partial charge in [-0.2, -0.15) is 0 Å². The molecule has 0 aliphatic carbocycles. The minimum Gasteiger partial charge on any atom is -0.469 e. The quantitative estimate of drug-likeness (QED) is 0.380. The van der Waals surface area contributed by atoms with E-state index in [0.29, 0.717) is 13.1 Å². The van der Waals surface area contributed by atoms with E-state index >= 15 is 0 Å². The van der Waals surface area contributed by atoms with Crippen molar-refractivity contribution >= 4 is 23.3 Å². The highest BCUT2D eigenvalue weighted by Crippen LogP contribution is 2.39. The summed E-state index contributed by atoms with van der Waals surface area (Å²) in [5, 5.41) is 3.48. The van der Waals surface area contributed by atoms with Crippen LogP contribution < -0.4 is 16.0 Å². The van der Waals surface area contributed by atoms with Crippen LogP contribution in [-0.4, -0.2) is 32.1 Å². The number of unbranched alkanes of at least 4 members (excludes halogenated alkanes) is 1. The van der Waals surface area contributed by atoms with E-state index in [-0.39, 0.29) is 18.4 Å². The van der Waals surface area contributed by atoms with Crippen molar-refractivity contribution in [3.8, 4) is 11.1 Å². The molecule has 0 aromatic heterocycles. The smallest absolute Gasteiger partial charge is 0.307 e. The van der Waals surface area contributed by atoms with Gasteiger partial charge >= 0.3 is 5.97 Å². The molecule has 170 valence electrons. The van der Waals surface area contributed by atoms with Crippen LogP contribution in [0.2, 0.25) is 0 Å². The molecule has 6 heteroatoms. The molecule has 1 unspecified atom stereocenters. The van der Waals surface area contributed by atoms with Gasteiger partial charge in [0.2, 0.25) is 5.96 Å². The van der Waals surface area contributed by atoms with Gasteiger partial charge in [-0.25, -0.2) is 0 Å². The van der Waals surface area contributed by atoms with Gasteiger partial charge in [0.1, 0.15) is 0 Å². The molecule has 0 spiro atoms. The highest BCUT2D eigenvalue weighted by atomic mass is 16.5. The Morgan fingerprint density at radius 1 is 0.970 bits per heavy atom. The average Bonchev–Trinajstić information content (AvgIpc) is 2.87. The SMILES string of the molecule is COC(=O)CC1c2ccccc2NC(=NCCCCN)N1c1ccc(-c2ccccc2)cc1. The van der Waals surface area contributed by atoms with Gasteiger partial charge in [0.25, 0.3) is 0 Å². The van der Waals surface area contributed by atoms with Crippen molar-refractivity contribution in [2.24, 2.45) is 10.7 Å². The second-order valence-electron chi connectivity index (χ2n) is 7.99. The van der Waals surface area contributed by atoms with Crippen molar-refractivity contribution in [3.05, 3.63) is 84.4 Å². The fourth-order valence-corrected chi connectivity index (χ4v) is 4.12. The molecule has 4 rings (SSSR count). The number of fused-ring (bicyclic) bond motifs is 1. The van der Waals surface area contributed by atoms with Crippen molar-refractivity contribution in [1.29, 1.82) is 0 Å². The number of carbonyl (C=O) groups excluding carboxylic acids is 1. The van der Waals surface area contributed by atoms with Crippen LogP contribution in [0.25, 0.3) is 11.1 Å². The number of nitrogens with one attached hydrogen (secondary N) is 1. The Bertz CT molecular complexity index is 1100. The summed E-state index contributed by atoms with van der Waals surface area (Å²) in [4.78, 5) is 19.4. The lowest BCUT2D eigenvalue weighted by Gasteiger charge is -2.39. The van der Waals surface area contributed by atoms with Gasteiger partial charge in [0.05, 0.1) is 19.6 Å². The van der Waals surface area contributed by atoms with Crippen molar-refractivity contribution in [3.63, 3.8) is 0 Å². The predicted octanol–water partition coefficient (Wildman–Crippen LogP) is 4.98. The lowest BCUT2D eigenvalue weighted by Crippen LogP contribution is -2.44. The Balaban J connectivity index is 1.74. The zero-order chi connectivity index (χ0) is 23.0. The monoisotopic (exact) mass is 442 g/mol. The van der Waals surface area contributed by atoms with E-state index in [2.05, 4.69) is 46.6 Å². The summed E-state index contributed by atoms with van der Waals surface area (Å²) in [5.41, 5.74) is 10.9. The summed E-state index contributed by atoms with van der Waals surface area (Å²) in [6.45, 7) is 1.31. The number of benzene rings is 3. The van der Waals surface area contributed by atoms with E-state index in [1.807, 2.05) is 42.5 Å². The van der Waals surface area contributed by atoms with Gasteiger partial charge in [0, 0.05) is 17.9 Å². The molecular weight excluding hydrogens is 412 g/mol. The molecule has 0 saturated heterocycles. The Morgan fingerprint density at radius 3 is 2.39 bits per heavy atom. The molecule has 3 aromatic carbocycles. The molecule has 0 amide bonds. The standard InChI is InChI=1S/C27H30N4O2/c1-33-26(32)19-25-23-11-5-6-12-24(23)30-27(29-18-8-7-17-28)31(25)22-15-13-21(14-16-22)20-9-3-2-4-10-20/h2-6,9-16,25H,7-8,17-19,28H2,1H3,(H,29,30). The number of anilines is 2. The van der Waals surface area contributed by atoms with E-state index < -0.39 is 0 Å².